The summed E-state index contributed by atoms with van der Waals surface area (Å²) in [6.45, 7) is 0. The van der Waals surface area contributed by atoms with E-state index in [1.54, 1.807) is 29.8 Å². The van der Waals surface area contributed by atoms with Gasteiger partial charge < -0.3 is 5.32 Å². The number of hydrogen-bond donors (Lipinski definition) is 1. The number of nitrogens with zero attached hydrogens (tertiary/aromatic N) is 1. The Morgan fingerprint density at radius 1 is 1.41 bits per heavy atom. The number of thiophene rings is 1. The van der Waals surface area contributed by atoms with Gasteiger partial charge in [0.15, 0.2) is 0 Å². The molecule has 1 amide bonds. The Hall–Kier alpha value is -1.46. The monoisotopic (exact) mass is 306 g/mol. The third kappa shape index (κ3) is 1.81. The van der Waals surface area contributed by atoms with Gasteiger partial charge in [0.1, 0.15) is 0 Å². The number of halogens is 1. The highest BCUT2D eigenvalue weighted by molar-refractivity contribution is 9.10. The second kappa shape index (κ2) is 4.09. The molecule has 0 unspecified atom stereocenters. The molecule has 17 heavy (non-hydrogen) atoms. The van der Waals surface area contributed by atoms with Crippen LogP contribution in [-0.2, 0) is 4.79 Å². The fraction of sp³-hybridized carbons (Fsp3) is 0. The number of anilines is 1. The lowest BCUT2D eigenvalue weighted by atomic mass is 10.1. The molecule has 5 heteroatoms. The van der Waals surface area contributed by atoms with Crippen molar-refractivity contribution in [3.8, 4) is 0 Å². The molecule has 0 bridgehead atoms. The number of nitrogens with one attached hydrogen (secondary N) is 1. The summed E-state index contributed by atoms with van der Waals surface area (Å²) in [6.07, 6.45) is 5.27. The summed E-state index contributed by atoms with van der Waals surface area (Å²) in [5, 5.41) is 4.80. The minimum Gasteiger partial charge on any atom is -0.321 e. The van der Waals surface area contributed by atoms with Gasteiger partial charge in [-0.3, -0.25) is 9.78 Å². The zero-order chi connectivity index (χ0) is 11.8. The lowest BCUT2D eigenvalue weighted by Crippen LogP contribution is -2.03. The minimum atomic E-state index is -0.0756. The SMILES string of the molecule is O=C1Nc2ccncc2C1=Cc1sccc1Br. The predicted octanol–water partition coefficient (Wildman–Crippen LogP) is 3.40. The van der Waals surface area contributed by atoms with E-state index in [0.29, 0.717) is 5.57 Å². The first-order chi connectivity index (χ1) is 8.25. The fourth-order valence-corrected chi connectivity index (χ4v) is 3.13. The van der Waals surface area contributed by atoms with Crippen molar-refractivity contribution in [2.75, 3.05) is 5.32 Å². The molecule has 0 fully saturated rings. The Labute approximate surface area is 110 Å². The molecule has 1 aliphatic heterocycles. The smallest absolute Gasteiger partial charge is 0.256 e. The summed E-state index contributed by atoms with van der Waals surface area (Å²) in [5.41, 5.74) is 2.35. The molecule has 1 N–H and O–H groups in total. The maximum atomic E-state index is 11.9. The van der Waals surface area contributed by atoms with E-state index in [1.165, 1.54) is 0 Å². The molecular formula is C12H7BrN2OS. The van der Waals surface area contributed by atoms with Crippen LogP contribution in [0.1, 0.15) is 10.4 Å². The quantitative estimate of drug-likeness (QED) is 0.821. The fourth-order valence-electron chi connectivity index (χ4n) is 1.71. The number of aromatic nitrogens is 1. The van der Waals surface area contributed by atoms with Crippen LogP contribution in [0.2, 0.25) is 0 Å². The lowest BCUT2D eigenvalue weighted by Gasteiger charge is -1.96. The Morgan fingerprint density at radius 2 is 2.29 bits per heavy atom. The van der Waals surface area contributed by atoms with Gasteiger partial charge in [-0.05, 0) is 39.5 Å². The maximum Gasteiger partial charge on any atom is 0.256 e. The van der Waals surface area contributed by atoms with Crippen LogP contribution < -0.4 is 5.32 Å². The summed E-state index contributed by atoms with van der Waals surface area (Å²) in [5.74, 6) is -0.0756. The number of fused-ring (bicyclic) bond motifs is 1. The average molecular weight is 307 g/mol. The number of rotatable bonds is 1. The summed E-state index contributed by atoms with van der Waals surface area (Å²) in [6, 6.07) is 3.77. The van der Waals surface area contributed by atoms with Crippen molar-refractivity contribution < 1.29 is 4.79 Å². The molecule has 3 rings (SSSR count). The highest BCUT2D eigenvalue weighted by Crippen LogP contribution is 2.34. The number of amides is 1. The van der Waals surface area contributed by atoms with E-state index >= 15 is 0 Å². The van der Waals surface area contributed by atoms with Crippen LogP contribution in [0.15, 0.2) is 34.4 Å². The number of carbonyl (C=O) groups excluding carboxylic acids is 1. The molecule has 0 aliphatic carbocycles. The second-order valence-corrected chi connectivity index (χ2v) is 5.37. The van der Waals surface area contributed by atoms with E-state index in [-0.39, 0.29) is 5.91 Å². The van der Waals surface area contributed by atoms with Crippen LogP contribution in [0, 0.1) is 0 Å². The van der Waals surface area contributed by atoms with Crippen LogP contribution >= 0.6 is 27.3 Å². The van der Waals surface area contributed by atoms with E-state index < -0.39 is 0 Å². The highest BCUT2D eigenvalue weighted by Gasteiger charge is 2.24. The Balaban J connectivity index is 2.13. The molecule has 2 aromatic heterocycles. The molecule has 0 atom stereocenters. The first-order valence-corrected chi connectivity index (χ1v) is 6.63. The van der Waals surface area contributed by atoms with Gasteiger partial charge in [0.05, 0.1) is 11.3 Å². The predicted molar refractivity (Wildman–Crippen MR) is 72.8 cm³/mol. The van der Waals surface area contributed by atoms with Gasteiger partial charge in [-0.1, -0.05) is 0 Å². The molecule has 0 saturated heterocycles. The molecule has 3 nitrogen and oxygen atoms in total. The van der Waals surface area contributed by atoms with Gasteiger partial charge in [-0.25, -0.2) is 0 Å². The molecule has 2 aromatic rings. The first-order valence-electron chi connectivity index (χ1n) is 4.96. The molecule has 0 saturated carbocycles. The van der Waals surface area contributed by atoms with Gasteiger partial charge in [0.2, 0.25) is 0 Å². The van der Waals surface area contributed by atoms with Crippen LogP contribution in [0.25, 0.3) is 11.6 Å². The van der Waals surface area contributed by atoms with Gasteiger partial charge in [0, 0.05) is 27.3 Å². The third-order valence-electron chi connectivity index (χ3n) is 2.52. The van der Waals surface area contributed by atoms with Crippen molar-refractivity contribution in [1.29, 1.82) is 0 Å². The van der Waals surface area contributed by atoms with E-state index in [4.69, 9.17) is 0 Å². The van der Waals surface area contributed by atoms with Crippen LogP contribution in [0.5, 0.6) is 0 Å². The second-order valence-electron chi connectivity index (χ2n) is 3.57. The zero-order valence-corrected chi connectivity index (χ0v) is 11.0. The van der Waals surface area contributed by atoms with Crippen molar-refractivity contribution in [2.45, 2.75) is 0 Å². The molecule has 0 aromatic carbocycles. The molecule has 3 heterocycles. The molecule has 84 valence electrons. The summed E-state index contributed by atoms with van der Waals surface area (Å²) >= 11 is 5.04. The van der Waals surface area contributed by atoms with Crippen molar-refractivity contribution in [2.24, 2.45) is 0 Å². The van der Waals surface area contributed by atoms with Crippen molar-refractivity contribution in [3.05, 3.63) is 44.8 Å². The average Bonchev–Trinajstić information content (AvgIpc) is 2.85. The van der Waals surface area contributed by atoms with E-state index in [9.17, 15) is 4.79 Å². The van der Waals surface area contributed by atoms with Gasteiger partial charge in [-0.15, -0.1) is 11.3 Å². The van der Waals surface area contributed by atoms with Crippen molar-refractivity contribution in [1.82, 2.24) is 4.98 Å². The van der Waals surface area contributed by atoms with Gasteiger partial charge in [-0.2, -0.15) is 0 Å². The summed E-state index contributed by atoms with van der Waals surface area (Å²) in [4.78, 5) is 16.9. The normalized spacial score (nSPS) is 16.1. The lowest BCUT2D eigenvalue weighted by molar-refractivity contribution is -0.110. The topological polar surface area (TPSA) is 42.0 Å². The maximum absolute atomic E-state index is 11.9. The van der Waals surface area contributed by atoms with Crippen LogP contribution in [0.4, 0.5) is 5.69 Å². The van der Waals surface area contributed by atoms with Gasteiger partial charge >= 0.3 is 0 Å². The van der Waals surface area contributed by atoms with E-state index in [0.717, 1.165) is 20.6 Å². The van der Waals surface area contributed by atoms with Crippen LogP contribution in [0.3, 0.4) is 0 Å². The number of hydrogen-bond acceptors (Lipinski definition) is 3. The molecule has 1 aliphatic rings. The minimum absolute atomic E-state index is 0.0756. The summed E-state index contributed by atoms with van der Waals surface area (Å²) < 4.78 is 1.00. The van der Waals surface area contributed by atoms with Crippen LogP contribution in [-0.4, -0.2) is 10.9 Å². The van der Waals surface area contributed by atoms with Crippen molar-refractivity contribution in [3.63, 3.8) is 0 Å². The number of pyridine rings is 1. The highest BCUT2D eigenvalue weighted by atomic mass is 79.9. The van der Waals surface area contributed by atoms with E-state index in [2.05, 4.69) is 26.2 Å². The molecule has 0 spiro atoms. The van der Waals surface area contributed by atoms with Crippen molar-refractivity contribution >= 4 is 50.5 Å². The third-order valence-corrected chi connectivity index (χ3v) is 4.34. The van der Waals surface area contributed by atoms with E-state index in [1.807, 2.05) is 17.5 Å². The zero-order valence-electron chi connectivity index (χ0n) is 8.61. The first kappa shape index (κ1) is 10.7. The molecular weight excluding hydrogens is 300 g/mol. The molecule has 0 radical (unpaired) electrons. The Morgan fingerprint density at radius 3 is 3.06 bits per heavy atom. The van der Waals surface area contributed by atoms with Gasteiger partial charge in [0.25, 0.3) is 5.91 Å². The number of carbonyl (C=O) groups is 1. The summed E-state index contributed by atoms with van der Waals surface area (Å²) in [7, 11) is 0. The Bertz CT molecular complexity index is 633. The Kier molecular flexibility index (Phi) is 2.57. The largest absolute Gasteiger partial charge is 0.321 e. The standard InChI is InChI=1S/C12H7BrN2OS/c13-9-2-4-17-11(9)5-7-8-6-14-3-1-10(8)15-12(7)16/h1-6H,(H,15,16).